The largest absolute Gasteiger partial charge is 0.465 e. The van der Waals surface area contributed by atoms with E-state index in [4.69, 9.17) is 4.74 Å². The van der Waals surface area contributed by atoms with Crippen LogP contribution in [-0.2, 0) is 15.5 Å². The predicted molar refractivity (Wildman–Crippen MR) is 184 cm³/mol. The first kappa shape index (κ1) is 32.1. The van der Waals surface area contributed by atoms with Crippen LogP contribution in [0.1, 0.15) is 108 Å². The van der Waals surface area contributed by atoms with Crippen LogP contribution in [0.25, 0.3) is 5.57 Å². The maximum absolute atomic E-state index is 12.1. The molecule has 5 nitrogen and oxygen atoms in total. The second-order valence-corrected chi connectivity index (χ2v) is 18.6. The average molecular weight is 635 g/mol. The summed E-state index contributed by atoms with van der Waals surface area (Å²) in [5.41, 5.74) is 4.58. The van der Waals surface area contributed by atoms with Gasteiger partial charge in [-0.3, -0.25) is 4.21 Å². The molecule has 7 rings (SSSR count). The first-order valence-corrected chi connectivity index (χ1v) is 19.7. The minimum absolute atomic E-state index is 0.0957. The number of benzene rings is 1. The van der Waals surface area contributed by atoms with Gasteiger partial charge in [0, 0.05) is 54.0 Å². The van der Waals surface area contributed by atoms with E-state index in [-0.39, 0.29) is 11.4 Å². The number of hydrogen-bond donors (Lipinski definition) is 1. The fraction of sp³-hybridized carbons (Fsp3) is 0.769. The van der Waals surface area contributed by atoms with Gasteiger partial charge in [-0.1, -0.05) is 52.3 Å². The van der Waals surface area contributed by atoms with Gasteiger partial charge >= 0.3 is 5.97 Å². The molecule has 248 valence electrons. The zero-order chi connectivity index (χ0) is 31.6. The van der Waals surface area contributed by atoms with Crippen LogP contribution < -0.4 is 5.32 Å². The van der Waals surface area contributed by atoms with Crippen LogP contribution in [0.3, 0.4) is 0 Å². The van der Waals surface area contributed by atoms with Gasteiger partial charge in [0.25, 0.3) is 0 Å². The number of ether oxygens (including phenoxy) is 1. The van der Waals surface area contributed by atoms with Crippen LogP contribution in [0.4, 0.5) is 0 Å². The number of carbonyl (C=O) groups excluding carboxylic acids is 1. The lowest BCUT2D eigenvalue weighted by molar-refractivity contribution is -0.172. The Morgan fingerprint density at radius 2 is 1.67 bits per heavy atom. The summed E-state index contributed by atoms with van der Waals surface area (Å²) in [5, 5.41) is 4.22. The van der Waals surface area contributed by atoms with Gasteiger partial charge in [0.2, 0.25) is 0 Å². The topological polar surface area (TPSA) is 58.6 Å². The smallest absolute Gasteiger partial charge is 0.337 e. The molecule has 1 N–H and O–H groups in total. The summed E-state index contributed by atoms with van der Waals surface area (Å²) in [6, 6.07) is 8.14. The molecule has 0 bridgehead atoms. The van der Waals surface area contributed by atoms with Crippen molar-refractivity contribution in [3.05, 3.63) is 41.5 Å². The van der Waals surface area contributed by atoms with Gasteiger partial charge in [0.15, 0.2) is 0 Å². The van der Waals surface area contributed by atoms with Gasteiger partial charge in [0.05, 0.1) is 12.7 Å². The second-order valence-electron chi connectivity index (χ2n) is 16.9. The number of fused-ring (bicyclic) bond motifs is 7. The molecule has 6 aliphatic rings. The molecule has 0 amide bonds. The van der Waals surface area contributed by atoms with Gasteiger partial charge in [-0.05, 0) is 127 Å². The van der Waals surface area contributed by atoms with Crippen LogP contribution in [0, 0.1) is 45.8 Å². The quantitative estimate of drug-likeness (QED) is 0.332. The van der Waals surface area contributed by atoms with E-state index in [0.29, 0.717) is 27.9 Å². The van der Waals surface area contributed by atoms with Crippen molar-refractivity contribution >= 4 is 22.3 Å². The number of carbonyl (C=O) groups is 1. The highest BCUT2D eigenvalue weighted by atomic mass is 32.2. The highest BCUT2D eigenvalue weighted by Crippen LogP contribution is 2.72. The zero-order valence-electron chi connectivity index (χ0n) is 28.7. The molecule has 8 atom stereocenters. The molecule has 1 heterocycles. The van der Waals surface area contributed by atoms with Gasteiger partial charge in [-0.25, -0.2) is 4.79 Å². The molecular formula is C39H58N2O3S. The highest BCUT2D eigenvalue weighted by Gasteiger charge is 2.65. The number of nitrogens with one attached hydrogen (secondary N) is 1. The van der Waals surface area contributed by atoms with Gasteiger partial charge in [-0.2, -0.15) is 0 Å². The molecule has 5 fully saturated rings. The molecule has 5 aliphatic carbocycles. The Morgan fingerprint density at radius 1 is 0.911 bits per heavy atom. The number of hydrogen-bond acceptors (Lipinski definition) is 5. The normalized spacial score (nSPS) is 41.3. The Balaban J connectivity index is 1.08. The zero-order valence-corrected chi connectivity index (χ0v) is 29.5. The van der Waals surface area contributed by atoms with Crippen molar-refractivity contribution in [2.45, 2.75) is 97.4 Å². The third kappa shape index (κ3) is 5.23. The van der Waals surface area contributed by atoms with Gasteiger partial charge in [-0.15, -0.1) is 0 Å². The summed E-state index contributed by atoms with van der Waals surface area (Å²) in [7, 11) is 0.859. The van der Waals surface area contributed by atoms with Crippen LogP contribution in [-0.4, -0.2) is 65.4 Å². The van der Waals surface area contributed by atoms with E-state index in [0.717, 1.165) is 61.4 Å². The van der Waals surface area contributed by atoms with Crippen molar-refractivity contribution in [2.75, 3.05) is 44.8 Å². The molecule has 0 aromatic heterocycles. The number of rotatable bonds is 6. The Bertz CT molecular complexity index is 1330. The third-order valence-electron chi connectivity index (χ3n) is 14.9. The lowest BCUT2D eigenvalue weighted by atomic mass is 9.37. The lowest BCUT2D eigenvalue weighted by Crippen LogP contribution is -2.63. The van der Waals surface area contributed by atoms with E-state index in [1.54, 1.807) is 0 Å². The molecule has 1 aliphatic heterocycles. The Labute approximate surface area is 275 Å². The van der Waals surface area contributed by atoms with Crippen molar-refractivity contribution in [1.82, 2.24) is 10.2 Å². The predicted octanol–water partition coefficient (Wildman–Crippen LogP) is 7.34. The van der Waals surface area contributed by atoms with E-state index in [9.17, 15) is 9.00 Å². The first-order valence-electron chi connectivity index (χ1n) is 18.2. The van der Waals surface area contributed by atoms with E-state index < -0.39 is 10.8 Å². The van der Waals surface area contributed by atoms with E-state index in [2.05, 4.69) is 56.1 Å². The summed E-state index contributed by atoms with van der Waals surface area (Å²) in [6.45, 7) is 14.6. The third-order valence-corrected chi connectivity index (χ3v) is 16.2. The summed E-state index contributed by atoms with van der Waals surface area (Å²) >= 11 is 0. The summed E-state index contributed by atoms with van der Waals surface area (Å²) in [5.74, 6) is 5.49. The number of methoxy groups -OCH3 is 1. The highest BCUT2D eigenvalue weighted by molar-refractivity contribution is 7.85. The second kappa shape index (κ2) is 11.9. The van der Waals surface area contributed by atoms with Crippen molar-refractivity contribution in [3.8, 4) is 0 Å². The maximum Gasteiger partial charge on any atom is 0.337 e. The van der Waals surface area contributed by atoms with Crippen molar-refractivity contribution in [3.63, 3.8) is 0 Å². The van der Waals surface area contributed by atoms with Crippen molar-refractivity contribution in [2.24, 2.45) is 45.8 Å². The Morgan fingerprint density at radius 3 is 2.40 bits per heavy atom. The molecule has 0 radical (unpaired) electrons. The monoisotopic (exact) mass is 634 g/mol. The molecular weight excluding hydrogens is 577 g/mol. The molecule has 1 aromatic carbocycles. The number of esters is 1. The standard InChI is InChI=1S/C39H58N2O3S/c1-36(2)30(27-8-10-28(11-9-27)35(42)44-5)14-18-38(4)33(36)16-19-37(3)31-15-20-39(40-21-22-41-23-25-45(43)26-24-41)17-6-7-32(39)29(31)12-13-34(37)38/h8-11,14,29,31-34,40H,6-7,12-13,15-26H2,1-5H3/t29?,31?,32-,33?,34?,37?,38?,39?/m1/s1. The Hall–Kier alpha value is -1.50. The number of nitrogens with zero attached hydrogens (tertiary/aromatic N) is 1. The molecule has 4 saturated carbocycles. The summed E-state index contributed by atoms with van der Waals surface area (Å²) in [6.07, 6.45) is 16.2. The van der Waals surface area contributed by atoms with Crippen LogP contribution in [0.5, 0.6) is 0 Å². The minimum atomic E-state index is -0.592. The molecule has 1 aromatic rings. The van der Waals surface area contributed by atoms with Crippen LogP contribution in [0.2, 0.25) is 0 Å². The van der Waals surface area contributed by atoms with E-state index in [1.807, 2.05) is 12.1 Å². The molecule has 6 heteroatoms. The maximum atomic E-state index is 12.1. The molecule has 1 saturated heterocycles. The summed E-state index contributed by atoms with van der Waals surface area (Å²) < 4.78 is 16.8. The van der Waals surface area contributed by atoms with Crippen LogP contribution in [0.15, 0.2) is 30.3 Å². The SMILES string of the molecule is COC(=O)c1ccc(C2=CCC3(C)C(CCC4(C)C5CCC6(NCCN7CCS(=O)CC7)CCC[C@@H]6C5CCC43)C2(C)C)cc1. The lowest BCUT2D eigenvalue weighted by Gasteiger charge is -2.68. The van der Waals surface area contributed by atoms with Crippen molar-refractivity contribution in [1.29, 1.82) is 0 Å². The number of allylic oxidation sites excluding steroid dienone is 2. The van der Waals surface area contributed by atoms with Crippen LogP contribution >= 0.6 is 0 Å². The van der Waals surface area contributed by atoms with E-state index >= 15 is 0 Å². The van der Waals surface area contributed by atoms with Crippen molar-refractivity contribution < 1.29 is 13.7 Å². The van der Waals surface area contributed by atoms with Gasteiger partial charge < -0.3 is 15.0 Å². The molecule has 0 spiro atoms. The fourth-order valence-electron chi connectivity index (χ4n) is 12.9. The van der Waals surface area contributed by atoms with Gasteiger partial charge in [0.1, 0.15) is 0 Å². The molecule has 45 heavy (non-hydrogen) atoms. The summed E-state index contributed by atoms with van der Waals surface area (Å²) in [4.78, 5) is 14.6. The minimum Gasteiger partial charge on any atom is -0.465 e. The molecule has 7 unspecified atom stereocenters. The fourth-order valence-corrected chi connectivity index (χ4v) is 14.0. The average Bonchev–Trinajstić information content (AvgIpc) is 3.46. The first-order chi connectivity index (χ1) is 21.5. The van der Waals surface area contributed by atoms with E-state index in [1.165, 1.54) is 82.5 Å². The Kier molecular flexibility index (Phi) is 8.46.